The smallest absolute Gasteiger partial charge is 0.407 e. The van der Waals surface area contributed by atoms with Crippen molar-refractivity contribution >= 4 is 12.4 Å². The third-order valence-corrected chi connectivity index (χ3v) is 4.17. The third-order valence-electron chi connectivity index (χ3n) is 4.17. The number of carbonyl (C=O) groups is 2. The Morgan fingerprint density at radius 3 is 1.56 bits per heavy atom. The first-order valence-electron chi connectivity index (χ1n) is 10.4. The maximum absolute atomic E-state index is 11.5. The Morgan fingerprint density at radius 2 is 1.16 bits per heavy atom. The van der Waals surface area contributed by atoms with E-state index in [1.807, 2.05) is 20.8 Å². The van der Waals surface area contributed by atoms with Crippen molar-refractivity contribution in [2.45, 2.75) is 116 Å². The number of amides is 1. The van der Waals surface area contributed by atoms with Crippen molar-refractivity contribution in [2.75, 3.05) is 6.54 Å². The number of hydrogen-bond donors (Lipinski definition) is 1. The number of carbonyl (C=O) groups excluding carboxylic acids is 2. The highest BCUT2D eigenvalue weighted by Gasteiger charge is 2.15. The molecule has 0 bridgehead atoms. The van der Waals surface area contributed by atoms with E-state index in [-0.39, 0.29) is 6.09 Å². The van der Waals surface area contributed by atoms with Crippen molar-refractivity contribution in [3.8, 4) is 0 Å². The normalized spacial score (nSPS) is 11.3. The zero-order chi connectivity index (χ0) is 18.8. The maximum atomic E-state index is 11.5. The van der Waals surface area contributed by atoms with Gasteiger partial charge in [-0.15, -0.1) is 0 Å². The third kappa shape index (κ3) is 20.9. The van der Waals surface area contributed by atoms with E-state index in [2.05, 4.69) is 5.32 Å². The number of unbranched alkanes of at least 4 members (excludes halogenated alkanes) is 13. The van der Waals surface area contributed by atoms with Crippen LogP contribution < -0.4 is 5.32 Å². The monoisotopic (exact) mass is 355 g/mol. The van der Waals surface area contributed by atoms with Crippen LogP contribution in [0.15, 0.2) is 0 Å². The fraction of sp³-hybridized carbons (Fsp3) is 0.905. The summed E-state index contributed by atoms with van der Waals surface area (Å²) in [4.78, 5) is 21.6. The molecule has 0 radical (unpaired) electrons. The van der Waals surface area contributed by atoms with Crippen LogP contribution >= 0.6 is 0 Å². The number of ether oxygens (including phenoxy) is 1. The predicted octanol–water partition coefficient (Wildman–Crippen LogP) is 6.17. The minimum atomic E-state index is -0.416. The van der Waals surface area contributed by atoms with Crippen molar-refractivity contribution in [1.82, 2.24) is 5.32 Å². The molecular weight excluding hydrogens is 314 g/mol. The summed E-state index contributed by atoms with van der Waals surface area (Å²) in [6, 6.07) is 0. The zero-order valence-corrected chi connectivity index (χ0v) is 16.9. The lowest BCUT2D eigenvalue weighted by Crippen LogP contribution is -2.32. The van der Waals surface area contributed by atoms with Crippen LogP contribution in [0.3, 0.4) is 0 Å². The largest absolute Gasteiger partial charge is 0.444 e. The van der Waals surface area contributed by atoms with Crippen molar-refractivity contribution in [3.05, 3.63) is 0 Å². The van der Waals surface area contributed by atoms with Crippen LogP contribution in [0.2, 0.25) is 0 Å². The molecule has 0 aliphatic heterocycles. The summed E-state index contributed by atoms with van der Waals surface area (Å²) >= 11 is 0. The molecule has 0 atom stereocenters. The summed E-state index contributed by atoms with van der Waals surface area (Å²) in [6.07, 6.45) is 17.8. The number of aldehydes is 1. The van der Waals surface area contributed by atoms with Gasteiger partial charge in [0.2, 0.25) is 0 Å². The second kappa shape index (κ2) is 16.4. The molecule has 25 heavy (non-hydrogen) atoms. The van der Waals surface area contributed by atoms with Gasteiger partial charge in [0, 0.05) is 13.0 Å². The van der Waals surface area contributed by atoms with E-state index in [9.17, 15) is 9.59 Å². The highest BCUT2D eigenvalue weighted by atomic mass is 16.6. The fourth-order valence-corrected chi connectivity index (χ4v) is 2.80. The molecule has 0 unspecified atom stereocenters. The van der Waals surface area contributed by atoms with Gasteiger partial charge in [-0.3, -0.25) is 0 Å². The molecule has 1 N–H and O–H groups in total. The van der Waals surface area contributed by atoms with Crippen LogP contribution in [-0.2, 0) is 9.53 Å². The molecule has 0 saturated carbocycles. The Bertz CT molecular complexity index is 324. The highest BCUT2D eigenvalue weighted by Crippen LogP contribution is 2.12. The second-order valence-electron chi connectivity index (χ2n) is 7.98. The van der Waals surface area contributed by atoms with E-state index in [0.29, 0.717) is 6.54 Å². The fourth-order valence-electron chi connectivity index (χ4n) is 2.80. The molecule has 0 heterocycles. The van der Waals surface area contributed by atoms with E-state index in [4.69, 9.17) is 4.74 Å². The van der Waals surface area contributed by atoms with Crippen LogP contribution in [0.5, 0.6) is 0 Å². The Kier molecular flexibility index (Phi) is 15.7. The Labute approximate surface area is 155 Å². The van der Waals surface area contributed by atoms with Gasteiger partial charge in [-0.25, -0.2) is 4.79 Å². The van der Waals surface area contributed by atoms with Crippen molar-refractivity contribution in [1.29, 1.82) is 0 Å². The SMILES string of the molecule is CC(C)(C)OC(=O)NCCCCCCCCCCCCCCCC=O. The van der Waals surface area contributed by atoms with E-state index < -0.39 is 5.60 Å². The van der Waals surface area contributed by atoms with Crippen molar-refractivity contribution in [3.63, 3.8) is 0 Å². The van der Waals surface area contributed by atoms with Gasteiger partial charge in [-0.05, 0) is 33.6 Å². The molecule has 0 fully saturated rings. The topological polar surface area (TPSA) is 55.4 Å². The number of rotatable bonds is 16. The Morgan fingerprint density at radius 1 is 0.760 bits per heavy atom. The summed E-state index contributed by atoms with van der Waals surface area (Å²) in [5.41, 5.74) is -0.416. The molecule has 148 valence electrons. The molecule has 4 nitrogen and oxygen atoms in total. The molecular formula is C21H41NO3. The standard InChI is InChI=1S/C21H41NO3/c1-21(2,3)25-20(24)22-18-16-14-12-10-8-6-4-5-7-9-11-13-15-17-19-23/h19H,4-18H2,1-3H3,(H,22,24). The van der Waals surface area contributed by atoms with Crippen LogP contribution in [0.25, 0.3) is 0 Å². The van der Waals surface area contributed by atoms with E-state index in [1.54, 1.807) is 0 Å². The molecule has 0 saturated heterocycles. The first-order valence-corrected chi connectivity index (χ1v) is 10.4. The number of hydrogen-bond acceptors (Lipinski definition) is 3. The van der Waals surface area contributed by atoms with Gasteiger partial charge in [0.25, 0.3) is 0 Å². The summed E-state index contributed by atoms with van der Waals surface area (Å²) in [5.74, 6) is 0. The molecule has 1 amide bonds. The molecule has 0 rings (SSSR count). The molecule has 4 heteroatoms. The summed E-state index contributed by atoms with van der Waals surface area (Å²) < 4.78 is 5.20. The van der Waals surface area contributed by atoms with Crippen LogP contribution in [-0.4, -0.2) is 24.5 Å². The van der Waals surface area contributed by atoms with Gasteiger partial charge < -0.3 is 14.8 Å². The first kappa shape index (κ1) is 23.9. The van der Waals surface area contributed by atoms with E-state index in [1.165, 1.54) is 70.6 Å². The molecule has 0 aliphatic carbocycles. The average Bonchev–Trinajstić information content (AvgIpc) is 2.53. The van der Waals surface area contributed by atoms with Crippen LogP contribution in [0.4, 0.5) is 4.79 Å². The zero-order valence-electron chi connectivity index (χ0n) is 16.9. The molecule has 0 aromatic rings. The van der Waals surface area contributed by atoms with Gasteiger partial charge in [0.15, 0.2) is 0 Å². The Hall–Kier alpha value is -1.06. The lowest BCUT2D eigenvalue weighted by atomic mass is 10.0. The number of alkyl carbamates (subject to hydrolysis) is 1. The number of nitrogens with one attached hydrogen (secondary N) is 1. The van der Waals surface area contributed by atoms with Gasteiger partial charge in [-0.1, -0.05) is 70.6 Å². The Balaban J connectivity index is 3.14. The molecule has 0 aromatic heterocycles. The molecule has 0 spiro atoms. The lowest BCUT2D eigenvalue weighted by Gasteiger charge is -2.19. The van der Waals surface area contributed by atoms with Gasteiger partial charge in [-0.2, -0.15) is 0 Å². The predicted molar refractivity (Wildman–Crippen MR) is 105 cm³/mol. The maximum Gasteiger partial charge on any atom is 0.407 e. The van der Waals surface area contributed by atoms with E-state index >= 15 is 0 Å². The van der Waals surface area contributed by atoms with Gasteiger partial charge in [0.05, 0.1) is 0 Å². The molecule has 0 aliphatic rings. The first-order chi connectivity index (χ1) is 12.0. The lowest BCUT2D eigenvalue weighted by molar-refractivity contribution is -0.107. The van der Waals surface area contributed by atoms with Crippen LogP contribution in [0.1, 0.15) is 111 Å². The summed E-state index contributed by atoms with van der Waals surface area (Å²) in [6.45, 7) is 6.34. The highest BCUT2D eigenvalue weighted by molar-refractivity contribution is 5.67. The minimum Gasteiger partial charge on any atom is -0.444 e. The van der Waals surface area contributed by atoms with Crippen molar-refractivity contribution < 1.29 is 14.3 Å². The second-order valence-corrected chi connectivity index (χ2v) is 7.98. The van der Waals surface area contributed by atoms with Crippen LogP contribution in [0, 0.1) is 0 Å². The van der Waals surface area contributed by atoms with Crippen molar-refractivity contribution in [2.24, 2.45) is 0 Å². The summed E-state index contributed by atoms with van der Waals surface area (Å²) in [7, 11) is 0. The minimum absolute atomic E-state index is 0.309. The van der Waals surface area contributed by atoms with Gasteiger partial charge in [0.1, 0.15) is 11.9 Å². The molecule has 0 aromatic carbocycles. The summed E-state index contributed by atoms with van der Waals surface area (Å²) in [5, 5.41) is 2.81. The van der Waals surface area contributed by atoms with E-state index in [0.717, 1.165) is 25.5 Å². The van der Waals surface area contributed by atoms with Gasteiger partial charge >= 0.3 is 6.09 Å². The quantitative estimate of drug-likeness (QED) is 0.266. The average molecular weight is 356 g/mol.